The minimum absolute atomic E-state index is 0.0936. The van der Waals surface area contributed by atoms with E-state index in [1.54, 1.807) is 42.5 Å². The van der Waals surface area contributed by atoms with Crippen LogP contribution in [-0.4, -0.2) is 34.3 Å². The molecule has 27 heavy (non-hydrogen) atoms. The summed E-state index contributed by atoms with van der Waals surface area (Å²) in [4.78, 5) is 19.6. The molecule has 7 heteroatoms. The second kappa shape index (κ2) is 7.59. The number of anilines is 1. The largest absolute Gasteiger partial charge is 0.497 e. The van der Waals surface area contributed by atoms with Gasteiger partial charge in [0.25, 0.3) is 5.91 Å². The zero-order chi connectivity index (χ0) is 18.6. The SMILES string of the molecule is COc1ccc(C(=O)N(CCn2cccn2)c2nc3ccccc3s2)cc1. The number of carbonyl (C=O) groups is 1. The minimum atomic E-state index is -0.0936. The van der Waals surface area contributed by atoms with Gasteiger partial charge in [-0.15, -0.1) is 0 Å². The van der Waals surface area contributed by atoms with Gasteiger partial charge < -0.3 is 4.74 Å². The van der Waals surface area contributed by atoms with Crippen LogP contribution in [0.15, 0.2) is 67.0 Å². The van der Waals surface area contributed by atoms with E-state index in [0.717, 1.165) is 16.0 Å². The number of ether oxygens (including phenoxy) is 1. The summed E-state index contributed by atoms with van der Waals surface area (Å²) in [5.74, 6) is 0.624. The molecule has 0 radical (unpaired) electrons. The molecule has 6 nitrogen and oxygen atoms in total. The third-order valence-corrected chi connectivity index (χ3v) is 5.27. The quantitative estimate of drug-likeness (QED) is 0.511. The minimum Gasteiger partial charge on any atom is -0.497 e. The summed E-state index contributed by atoms with van der Waals surface area (Å²) in [5, 5.41) is 4.91. The number of fused-ring (bicyclic) bond motifs is 1. The monoisotopic (exact) mass is 378 g/mol. The van der Waals surface area contributed by atoms with Crippen molar-refractivity contribution < 1.29 is 9.53 Å². The topological polar surface area (TPSA) is 60.2 Å². The summed E-state index contributed by atoms with van der Waals surface area (Å²) in [7, 11) is 1.61. The van der Waals surface area contributed by atoms with E-state index >= 15 is 0 Å². The van der Waals surface area contributed by atoms with Gasteiger partial charge >= 0.3 is 0 Å². The van der Waals surface area contributed by atoms with Crippen molar-refractivity contribution in [3.8, 4) is 5.75 Å². The van der Waals surface area contributed by atoms with Gasteiger partial charge in [0.2, 0.25) is 0 Å². The van der Waals surface area contributed by atoms with Crippen molar-refractivity contribution in [3.05, 3.63) is 72.6 Å². The van der Waals surface area contributed by atoms with Crippen molar-refractivity contribution in [2.24, 2.45) is 0 Å². The Labute approximate surface area is 160 Å². The number of thiazole rings is 1. The number of aromatic nitrogens is 3. The van der Waals surface area contributed by atoms with Gasteiger partial charge in [-0.2, -0.15) is 5.10 Å². The number of carbonyl (C=O) groups excluding carboxylic acids is 1. The van der Waals surface area contributed by atoms with Crippen LogP contribution in [0.1, 0.15) is 10.4 Å². The Morgan fingerprint density at radius 3 is 2.67 bits per heavy atom. The fraction of sp³-hybridized carbons (Fsp3) is 0.150. The average molecular weight is 378 g/mol. The summed E-state index contributed by atoms with van der Waals surface area (Å²) < 4.78 is 8.05. The highest BCUT2D eigenvalue weighted by atomic mass is 32.1. The molecule has 0 aliphatic heterocycles. The highest BCUT2D eigenvalue weighted by molar-refractivity contribution is 7.22. The highest BCUT2D eigenvalue weighted by Crippen LogP contribution is 2.29. The smallest absolute Gasteiger partial charge is 0.260 e. The van der Waals surface area contributed by atoms with E-state index in [2.05, 4.69) is 10.1 Å². The molecule has 2 aromatic heterocycles. The maximum Gasteiger partial charge on any atom is 0.260 e. The van der Waals surface area contributed by atoms with Crippen molar-refractivity contribution in [2.45, 2.75) is 6.54 Å². The van der Waals surface area contributed by atoms with E-state index in [0.29, 0.717) is 23.8 Å². The number of amides is 1. The lowest BCUT2D eigenvalue weighted by molar-refractivity contribution is 0.0986. The van der Waals surface area contributed by atoms with Crippen LogP contribution in [0.4, 0.5) is 5.13 Å². The number of methoxy groups -OCH3 is 1. The molecule has 0 aliphatic rings. The number of rotatable bonds is 6. The van der Waals surface area contributed by atoms with Gasteiger partial charge in [0, 0.05) is 24.5 Å². The first-order chi connectivity index (χ1) is 13.2. The average Bonchev–Trinajstić information content (AvgIpc) is 3.37. The standard InChI is InChI=1S/C20H18N4O2S/c1-26-16-9-7-15(8-10-16)19(25)24(14-13-23-12-4-11-21-23)20-22-17-5-2-3-6-18(17)27-20/h2-12H,13-14H2,1H3. The molecule has 0 atom stereocenters. The third-order valence-electron chi connectivity index (χ3n) is 4.21. The van der Waals surface area contributed by atoms with E-state index in [1.807, 2.05) is 41.2 Å². The zero-order valence-corrected chi connectivity index (χ0v) is 15.6. The molecule has 2 aromatic carbocycles. The Hall–Kier alpha value is -3.19. The lowest BCUT2D eigenvalue weighted by atomic mass is 10.2. The van der Waals surface area contributed by atoms with Crippen LogP contribution < -0.4 is 9.64 Å². The van der Waals surface area contributed by atoms with Gasteiger partial charge in [0.15, 0.2) is 5.13 Å². The predicted octanol–water partition coefficient (Wildman–Crippen LogP) is 3.85. The molecule has 0 saturated heterocycles. The number of benzene rings is 2. The van der Waals surface area contributed by atoms with Crippen molar-refractivity contribution >= 4 is 32.6 Å². The molecule has 4 rings (SSSR count). The molecule has 0 unspecified atom stereocenters. The molecule has 4 aromatic rings. The van der Waals surface area contributed by atoms with Crippen molar-refractivity contribution in [1.82, 2.24) is 14.8 Å². The molecule has 0 fully saturated rings. The van der Waals surface area contributed by atoms with Crippen LogP contribution in [0.2, 0.25) is 0 Å². The van der Waals surface area contributed by atoms with Crippen molar-refractivity contribution in [3.63, 3.8) is 0 Å². The molecule has 0 bridgehead atoms. The maximum atomic E-state index is 13.2. The van der Waals surface area contributed by atoms with Gasteiger partial charge in [-0.1, -0.05) is 23.5 Å². The Balaban J connectivity index is 1.66. The lowest BCUT2D eigenvalue weighted by Crippen LogP contribution is -2.34. The lowest BCUT2D eigenvalue weighted by Gasteiger charge is -2.20. The van der Waals surface area contributed by atoms with Gasteiger partial charge in [-0.05, 0) is 42.5 Å². The molecule has 0 aliphatic carbocycles. The molecule has 0 N–H and O–H groups in total. The molecule has 136 valence electrons. The first-order valence-corrected chi connectivity index (χ1v) is 9.35. The molecular formula is C20H18N4O2S. The van der Waals surface area contributed by atoms with Crippen LogP contribution in [0.5, 0.6) is 5.75 Å². The molecular weight excluding hydrogens is 360 g/mol. The zero-order valence-electron chi connectivity index (χ0n) is 14.8. The Morgan fingerprint density at radius 1 is 1.15 bits per heavy atom. The van der Waals surface area contributed by atoms with E-state index in [1.165, 1.54) is 11.3 Å². The second-order valence-corrected chi connectivity index (χ2v) is 6.93. The van der Waals surface area contributed by atoms with Crippen molar-refractivity contribution in [1.29, 1.82) is 0 Å². The van der Waals surface area contributed by atoms with Crippen LogP contribution in [0, 0.1) is 0 Å². The number of hydrogen-bond donors (Lipinski definition) is 0. The van der Waals surface area contributed by atoms with E-state index < -0.39 is 0 Å². The molecule has 1 amide bonds. The molecule has 0 saturated carbocycles. The van der Waals surface area contributed by atoms with Crippen molar-refractivity contribution in [2.75, 3.05) is 18.6 Å². The maximum absolute atomic E-state index is 13.2. The third kappa shape index (κ3) is 3.68. The number of para-hydroxylation sites is 1. The molecule has 0 spiro atoms. The first-order valence-electron chi connectivity index (χ1n) is 8.53. The predicted molar refractivity (Wildman–Crippen MR) is 107 cm³/mol. The van der Waals surface area contributed by atoms with Crippen LogP contribution in [0.25, 0.3) is 10.2 Å². The summed E-state index contributed by atoms with van der Waals surface area (Å²) >= 11 is 1.51. The Kier molecular flexibility index (Phi) is 4.84. The number of nitrogens with zero attached hydrogens (tertiary/aromatic N) is 4. The number of hydrogen-bond acceptors (Lipinski definition) is 5. The van der Waals surface area contributed by atoms with Crippen LogP contribution in [0.3, 0.4) is 0 Å². The normalized spacial score (nSPS) is 10.9. The summed E-state index contributed by atoms with van der Waals surface area (Å²) in [5.41, 5.74) is 1.49. The second-order valence-electron chi connectivity index (χ2n) is 5.92. The fourth-order valence-corrected chi connectivity index (χ4v) is 3.77. The van der Waals surface area contributed by atoms with E-state index in [-0.39, 0.29) is 5.91 Å². The van der Waals surface area contributed by atoms with Gasteiger partial charge in [0.1, 0.15) is 5.75 Å². The van der Waals surface area contributed by atoms with Crippen LogP contribution in [-0.2, 0) is 6.54 Å². The van der Waals surface area contributed by atoms with Gasteiger partial charge in [-0.25, -0.2) is 4.98 Å². The fourth-order valence-electron chi connectivity index (χ4n) is 2.78. The Bertz CT molecular complexity index is 1010. The highest BCUT2D eigenvalue weighted by Gasteiger charge is 2.21. The summed E-state index contributed by atoms with van der Waals surface area (Å²) in [6, 6.07) is 16.9. The van der Waals surface area contributed by atoms with Gasteiger partial charge in [0.05, 0.1) is 23.9 Å². The van der Waals surface area contributed by atoms with E-state index in [4.69, 9.17) is 4.74 Å². The molecule has 2 heterocycles. The van der Waals surface area contributed by atoms with Gasteiger partial charge in [-0.3, -0.25) is 14.4 Å². The Morgan fingerprint density at radius 2 is 1.96 bits per heavy atom. The summed E-state index contributed by atoms with van der Waals surface area (Å²) in [6.45, 7) is 1.07. The van der Waals surface area contributed by atoms with E-state index in [9.17, 15) is 4.79 Å². The summed E-state index contributed by atoms with van der Waals surface area (Å²) in [6.07, 6.45) is 3.61. The van der Waals surface area contributed by atoms with Crippen LogP contribution >= 0.6 is 11.3 Å². The first kappa shape index (κ1) is 17.2.